The number of benzene rings is 1. The van der Waals surface area contributed by atoms with Crippen molar-refractivity contribution in [2.24, 2.45) is 0 Å². The van der Waals surface area contributed by atoms with Crippen LogP contribution in [0.1, 0.15) is 18.9 Å². The topological polar surface area (TPSA) is 49.0 Å². The van der Waals surface area contributed by atoms with E-state index in [0.29, 0.717) is 12.6 Å². The van der Waals surface area contributed by atoms with Gasteiger partial charge < -0.3 is 24.3 Å². The average molecular weight is 283 g/mol. The van der Waals surface area contributed by atoms with E-state index in [-0.39, 0.29) is 0 Å². The molecule has 1 unspecified atom stereocenters. The highest BCUT2D eigenvalue weighted by atomic mass is 16.5. The number of methoxy groups -OCH3 is 4. The molecule has 114 valence electrons. The third-order valence-corrected chi connectivity index (χ3v) is 3.20. The number of hydrogen-bond acceptors (Lipinski definition) is 5. The minimum atomic E-state index is 0.353. The Bertz CT molecular complexity index is 384. The Morgan fingerprint density at radius 3 is 2.05 bits per heavy atom. The van der Waals surface area contributed by atoms with Crippen LogP contribution in [0.2, 0.25) is 0 Å². The fourth-order valence-electron chi connectivity index (χ4n) is 1.93. The molecule has 1 aromatic carbocycles. The van der Waals surface area contributed by atoms with Crippen LogP contribution in [0.25, 0.3) is 0 Å². The molecule has 0 aromatic heterocycles. The van der Waals surface area contributed by atoms with Crippen molar-refractivity contribution in [3.63, 3.8) is 0 Å². The van der Waals surface area contributed by atoms with Gasteiger partial charge in [-0.2, -0.15) is 0 Å². The van der Waals surface area contributed by atoms with Crippen molar-refractivity contribution in [3.05, 3.63) is 17.7 Å². The molecule has 0 radical (unpaired) electrons. The molecule has 0 aliphatic heterocycles. The van der Waals surface area contributed by atoms with E-state index in [1.165, 1.54) is 0 Å². The smallest absolute Gasteiger partial charge is 0.130 e. The summed E-state index contributed by atoms with van der Waals surface area (Å²) >= 11 is 0. The molecule has 0 fully saturated rings. The zero-order valence-corrected chi connectivity index (χ0v) is 13.0. The van der Waals surface area contributed by atoms with Gasteiger partial charge >= 0.3 is 0 Å². The molecule has 0 heterocycles. The maximum Gasteiger partial charge on any atom is 0.130 e. The van der Waals surface area contributed by atoms with E-state index in [0.717, 1.165) is 35.8 Å². The van der Waals surface area contributed by atoms with E-state index < -0.39 is 0 Å². The van der Waals surface area contributed by atoms with Crippen molar-refractivity contribution in [3.8, 4) is 17.2 Å². The summed E-state index contributed by atoms with van der Waals surface area (Å²) in [4.78, 5) is 0. The number of ether oxygens (including phenoxy) is 4. The van der Waals surface area contributed by atoms with Crippen LogP contribution in [0.4, 0.5) is 0 Å². The molecule has 0 bridgehead atoms. The molecule has 1 atom stereocenters. The molecule has 1 aromatic rings. The molecular weight excluding hydrogens is 258 g/mol. The molecule has 5 heteroatoms. The zero-order valence-electron chi connectivity index (χ0n) is 13.0. The minimum absolute atomic E-state index is 0.353. The lowest BCUT2D eigenvalue weighted by Crippen LogP contribution is -2.27. The second kappa shape index (κ2) is 8.66. The first-order valence-corrected chi connectivity index (χ1v) is 6.67. The Morgan fingerprint density at radius 1 is 1.00 bits per heavy atom. The lowest BCUT2D eigenvalue weighted by Gasteiger charge is -2.18. The van der Waals surface area contributed by atoms with E-state index in [2.05, 4.69) is 12.2 Å². The third-order valence-electron chi connectivity index (χ3n) is 3.20. The summed E-state index contributed by atoms with van der Waals surface area (Å²) in [7, 11) is 6.62. The van der Waals surface area contributed by atoms with Gasteiger partial charge in [0.1, 0.15) is 17.2 Å². The van der Waals surface area contributed by atoms with Gasteiger partial charge in [-0.3, -0.25) is 0 Å². The van der Waals surface area contributed by atoms with Crippen molar-refractivity contribution in [1.29, 1.82) is 0 Å². The summed E-state index contributed by atoms with van der Waals surface area (Å²) in [6, 6.07) is 4.07. The van der Waals surface area contributed by atoms with E-state index in [1.807, 2.05) is 12.1 Å². The molecule has 5 nitrogen and oxygen atoms in total. The van der Waals surface area contributed by atoms with E-state index >= 15 is 0 Å². The Labute approximate surface area is 121 Å². The normalized spacial score (nSPS) is 12.1. The van der Waals surface area contributed by atoms with Crippen LogP contribution >= 0.6 is 0 Å². The Morgan fingerprint density at radius 2 is 1.60 bits per heavy atom. The fraction of sp³-hybridized carbons (Fsp3) is 0.600. The molecular formula is C15H25NO4. The average Bonchev–Trinajstić information content (AvgIpc) is 2.49. The zero-order chi connectivity index (χ0) is 15.0. The van der Waals surface area contributed by atoms with Gasteiger partial charge in [0.25, 0.3) is 0 Å². The number of nitrogens with one attached hydrogen (secondary N) is 1. The van der Waals surface area contributed by atoms with Gasteiger partial charge in [-0.05, 0) is 13.3 Å². The lowest BCUT2D eigenvalue weighted by molar-refractivity contribution is 0.184. The van der Waals surface area contributed by atoms with Crippen LogP contribution in [-0.2, 0) is 11.3 Å². The van der Waals surface area contributed by atoms with Gasteiger partial charge in [0.05, 0.1) is 26.9 Å². The molecule has 0 aliphatic rings. The third kappa shape index (κ3) is 4.58. The van der Waals surface area contributed by atoms with Gasteiger partial charge in [-0.15, -0.1) is 0 Å². The summed E-state index contributed by atoms with van der Waals surface area (Å²) in [5.41, 5.74) is 0.986. The van der Waals surface area contributed by atoms with Gasteiger partial charge in [0, 0.05) is 38.4 Å². The minimum Gasteiger partial charge on any atom is -0.496 e. The van der Waals surface area contributed by atoms with Crippen molar-refractivity contribution < 1.29 is 18.9 Å². The Hall–Kier alpha value is -1.46. The van der Waals surface area contributed by atoms with Crippen LogP contribution in [0.15, 0.2) is 12.1 Å². The first-order valence-electron chi connectivity index (χ1n) is 6.67. The van der Waals surface area contributed by atoms with Gasteiger partial charge in [-0.1, -0.05) is 0 Å². The van der Waals surface area contributed by atoms with Crippen LogP contribution in [-0.4, -0.2) is 41.1 Å². The molecule has 0 saturated carbocycles. The highest BCUT2D eigenvalue weighted by Gasteiger charge is 2.14. The molecule has 1 N–H and O–H groups in total. The van der Waals surface area contributed by atoms with E-state index in [1.54, 1.807) is 28.4 Å². The van der Waals surface area contributed by atoms with Crippen LogP contribution in [0.3, 0.4) is 0 Å². The van der Waals surface area contributed by atoms with Crippen molar-refractivity contribution >= 4 is 0 Å². The van der Waals surface area contributed by atoms with Crippen LogP contribution in [0.5, 0.6) is 17.2 Å². The molecule has 1 rings (SSSR count). The first kappa shape index (κ1) is 16.6. The summed E-state index contributed by atoms with van der Waals surface area (Å²) in [5.74, 6) is 2.23. The largest absolute Gasteiger partial charge is 0.496 e. The number of hydrogen-bond donors (Lipinski definition) is 1. The molecule has 20 heavy (non-hydrogen) atoms. The Balaban J connectivity index is 2.81. The first-order chi connectivity index (χ1) is 9.65. The molecule has 0 amide bonds. The summed E-state index contributed by atoms with van der Waals surface area (Å²) < 4.78 is 21.2. The van der Waals surface area contributed by atoms with E-state index in [4.69, 9.17) is 18.9 Å². The van der Waals surface area contributed by atoms with Gasteiger partial charge in [0.15, 0.2) is 0 Å². The summed E-state index contributed by atoms with van der Waals surface area (Å²) in [6.07, 6.45) is 0.956. The van der Waals surface area contributed by atoms with Crippen LogP contribution < -0.4 is 19.5 Å². The predicted octanol–water partition coefficient (Wildman–Crippen LogP) is 2.23. The van der Waals surface area contributed by atoms with Crippen molar-refractivity contribution in [2.45, 2.75) is 25.9 Å². The lowest BCUT2D eigenvalue weighted by atomic mass is 10.1. The molecule has 0 saturated heterocycles. The molecule has 0 aliphatic carbocycles. The monoisotopic (exact) mass is 283 g/mol. The maximum absolute atomic E-state index is 5.42. The van der Waals surface area contributed by atoms with Crippen molar-refractivity contribution in [1.82, 2.24) is 5.32 Å². The quantitative estimate of drug-likeness (QED) is 0.753. The van der Waals surface area contributed by atoms with E-state index in [9.17, 15) is 0 Å². The SMILES string of the molecule is COCCC(C)NCc1c(OC)cc(OC)cc1OC. The second-order valence-electron chi connectivity index (χ2n) is 4.57. The predicted molar refractivity (Wildman–Crippen MR) is 78.9 cm³/mol. The highest BCUT2D eigenvalue weighted by Crippen LogP contribution is 2.33. The standard InChI is InChI=1S/C15H25NO4/c1-11(6-7-17-2)16-10-13-14(19-4)8-12(18-3)9-15(13)20-5/h8-9,11,16H,6-7,10H2,1-5H3. The number of rotatable bonds is 9. The summed E-state index contributed by atoms with van der Waals surface area (Å²) in [6.45, 7) is 3.54. The van der Waals surface area contributed by atoms with Gasteiger partial charge in [-0.25, -0.2) is 0 Å². The molecule has 0 spiro atoms. The summed E-state index contributed by atoms with van der Waals surface area (Å²) in [5, 5.41) is 3.44. The second-order valence-corrected chi connectivity index (χ2v) is 4.57. The highest BCUT2D eigenvalue weighted by molar-refractivity contribution is 5.50. The Kier molecular flexibility index (Phi) is 7.18. The van der Waals surface area contributed by atoms with Crippen LogP contribution in [0, 0.1) is 0 Å². The maximum atomic E-state index is 5.42. The van der Waals surface area contributed by atoms with Gasteiger partial charge in [0.2, 0.25) is 0 Å². The fourth-order valence-corrected chi connectivity index (χ4v) is 1.93. The van der Waals surface area contributed by atoms with Crippen molar-refractivity contribution in [2.75, 3.05) is 35.0 Å².